The summed E-state index contributed by atoms with van der Waals surface area (Å²) in [4.78, 5) is 24.1. The van der Waals surface area contributed by atoms with Crippen molar-refractivity contribution in [3.05, 3.63) is 35.4 Å². The Morgan fingerprint density at radius 2 is 1.85 bits per heavy atom. The van der Waals surface area contributed by atoms with Crippen LogP contribution < -0.4 is 5.32 Å². The van der Waals surface area contributed by atoms with Crippen molar-refractivity contribution in [1.29, 1.82) is 0 Å². The minimum Gasteiger partial charge on any atom is -0.436 e. The smallest absolute Gasteiger partial charge is 0.340 e. The van der Waals surface area contributed by atoms with E-state index in [-0.39, 0.29) is 12.2 Å². The molecule has 3 aliphatic rings. The summed E-state index contributed by atoms with van der Waals surface area (Å²) in [7, 11) is 0. The zero-order valence-electron chi connectivity index (χ0n) is 10.5. The van der Waals surface area contributed by atoms with Crippen LogP contribution in [0.15, 0.2) is 24.3 Å². The molecule has 0 spiro atoms. The maximum atomic E-state index is 12.1. The predicted molar refractivity (Wildman–Crippen MR) is 64.8 cm³/mol. The summed E-state index contributed by atoms with van der Waals surface area (Å²) in [5.41, 5.74) is 0.576. The molecule has 2 N–H and O–H groups in total. The van der Waals surface area contributed by atoms with Gasteiger partial charge < -0.3 is 19.3 Å². The van der Waals surface area contributed by atoms with Gasteiger partial charge in [0, 0.05) is 6.54 Å². The first-order valence-electron chi connectivity index (χ1n) is 6.17. The second kappa shape index (κ2) is 4.86. The molecular formula is C13H13NO6. The van der Waals surface area contributed by atoms with E-state index < -0.39 is 30.6 Å². The number of hydrogen-bond acceptors (Lipinski definition) is 7. The number of rotatable bonds is 1. The molecule has 0 aliphatic carbocycles. The average Bonchev–Trinajstić information content (AvgIpc) is 2.49. The van der Waals surface area contributed by atoms with Crippen molar-refractivity contribution >= 4 is 11.9 Å². The molecule has 0 radical (unpaired) electrons. The van der Waals surface area contributed by atoms with Crippen molar-refractivity contribution < 1.29 is 28.9 Å². The largest absolute Gasteiger partial charge is 0.436 e. The van der Waals surface area contributed by atoms with Crippen molar-refractivity contribution in [3.8, 4) is 0 Å². The lowest BCUT2D eigenvalue weighted by atomic mass is 10.1. The molecule has 1 fully saturated rings. The van der Waals surface area contributed by atoms with Crippen molar-refractivity contribution in [3.63, 3.8) is 0 Å². The van der Waals surface area contributed by atoms with E-state index in [0.717, 1.165) is 0 Å². The van der Waals surface area contributed by atoms with E-state index >= 15 is 0 Å². The van der Waals surface area contributed by atoms with Crippen LogP contribution >= 0.6 is 0 Å². The number of fused-ring (bicyclic) bond motifs is 4. The third-order valence-corrected chi connectivity index (χ3v) is 3.24. The Balaban J connectivity index is 2.05. The number of morpholine rings is 1. The zero-order chi connectivity index (χ0) is 14.2. The Labute approximate surface area is 114 Å². The number of esters is 2. The predicted octanol–water partition coefficient (Wildman–Crippen LogP) is -0.352. The fraction of sp³-hybridized carbons (Fsp3) is 0.385. The Bertz CT molecular complexity index is 542. The second-order valence-corrected chi connectivity index (χ2v) is 4.52. The highest BCUT2D eigenvalue weighted by atomic mass is 16.8. The third-order valence-electron chi connectivity index (χ3n) is 3.24. The zero-order valence-corrected chi connectivity index (χ0v) is 10.5. The van der Waals surface area contributed by atoms with E-state index in [2.05, 4.69) is 5.32 Å². The molecule has 2 unspecified atom stereocenters. The van der Waals surface area contributed by atoms with Crippen LogP contribution in [0.4, 0.5) is 0 Å². The van der Waals surface area contributed by atoms with Gasteiger partial charge in [-0.05, 0) is 24.3 Å². The second-order valence-electron chi connectivity index (χ2n) is 4.52. The van der Waals surface area contributed by atoms with Crippen molar-refractivity contribution in [2.24, 2.45) is 0 Å². The highest BCUT2D eigenvalue weighted by Gasteiger charge is 2.49. The Morgan fingerprint density at radius 1 is 1.20 bits per heavy atom. The van der Waals surface area contributed by atoms with Crippen molar-refractivity contribution in [2.75, 3.05) is 19.8 Å². The molecule has 1 aromatic rings. The van der Waals surface area contributed by atoms with Crippen LogP contribution in [0, 0.1) is 0 Å². The van der Waals surface area contributed by atoms with Crippen LogP contribution in [0.1, 0.15) is 20.7 Å². The summed E-state index contributed by atoms with van der Waals surface area (Å²) in [6, 6.07) is 5.88. The third kappa shape index (κ3) is 2.05. The van der Waals surface area contributed by atoms with E-state index in [4.69, 9.17) is 14.2 Å². The molecule has 0 saturated carbocycles. The van der Waals surface area contributed by atoms with Gasteiger partial charge in [0.25, 0.3) is 5.79 Å². The fourth-order valence-corrected chi connectivity index (χ4v) is 2.15. The number of hydrogen-bond donors (Lipinski definition) is 2. The number of ether oxygens (including phenoxy) is 3. The normalized spacial score (nSPS) is 29.4. The number of aliphatic hydroxyl groups excluding tert-OH is 1. The SMILES string of the molecule is O=C1OC2NCCOC2(CO)OC(=O)c2ccc1cc2. The van der Waals surface area contributed by atoms with Gasteiger partial charge in [0.2, 0.25) is 6.23 Å². The molecule has 7 nitrogen and oxygen atoms in total. The van der Waals surface area contributed by atoms with Gasteiger partial charge in [-0.2, -0.15) is 0 Å². The Kier molecular flexibility index (Phi) is 3.17. The first kappa shape index (κ1) is 13.0. The van der Waals surface area contributed by atoms with Crippen LogP contribution in [-0.4, -0.2) is 48.8 Å². The molecule has 2 bridgehead atoms. The summed E-state index contributed by atoms with van der Waals surface area (Å²) >= 11 is 0. The lowest BCUT2D eigenvalue weighted by Gasteiger charge is -2.41. The van der Waals surface area contributed by atoms with Crippen LogP contribution in [0.3, 0.4) is 0 Å². The van der Waals surface area contributed by atoms with Crippen LogP contribution in [0.5, 0.6) is 0 Å². The van der Waals surface area contributed by atoms with E-state index in [1.807, 2.05) is 0 Å². The summed E-state index contributed by atoms with van der Waals surface area (Å²) in [6.45, 7) is 0.00797. The molecule has 106 valence electrons. The van der Waals surface area contributed by atoms with Gasteiger partial charge in [-0.3, -0.25) is 5.32 Å². The number of carbonyl (C=O) groups is 2. The van der Waals surface area contributed by atoms with Crippen LogP contribution in [0.25, 0.3) is 0 Å². The molecular weight excluding hydrogens is 266 g/mol. The maximum Gasteiger partial charge on any atom is 0.340 e. The quantitative estimate of drug-likeness (QED) is 0.678. The minimum atomic E-state index is -1.72. The molecule has 7 heteroatoms. The summed E-state index contributed by atoms with van der Waals surface area (Å²) < 4.78 is 15.9. The molecule has 0 amide bonds. The average molecular weight is 279 g/mol. The molecule has 3 aliphatic heterocycles. The molecule has 4 rings (SSSR count). The standard InChI is InChI=1S/C13H13NO6/c15-7-13-12(14-5-6-18-13)19-10(16)8-1-3-9(4-2-8)11(17)20-13/h1-4,12,14-15H,5-7H2. The highest BCUT2D eigenvalue weighted by molar-refractivity contribution is 5.94. The lowest BCUT2D eigenvalue weighted by Crippen LogP contribution is -2.64. The number of nitrogens with one attached hydrogen (secondary N) is 1. The van der Waals surface area contributed by atoms with E-state index in [0.29, 0.717) is 12.1 Å². The monoisotopic (exact) mass is 279 g/mol. The minimum absolute atomic E-state index is 0.222. The maximum absolute atomic E-state index is 12.1. The van der Waals surface area contributed by atoms with Crippen LogP contribution in [0.2, 0.25) is 0 Å². The van der Waals surface area contributed by atoms with Gasteiger partial charge in [0.1, 0.15) is 6.61 Å². The fourth-order valence-electron chi connectivity index (χ4n) is 2.15. The van der Waals surface area contributed by atoms with Crippen molar-refractivity contribution in [2.45, 2.75) is 12.0 Å². The van der Waals surface area contributed by atoms with E-state index in [9.17, 15) is 14.7 Å². The first-order chi connectivity index (χ1) is 9.64. The number of benzene rings is 1. The van der Waals surface area contributed by atoms with Gasteiger partial charge in [-0.25, -0.2) is 9.59 Å². The summed E-state index contributed by atoms with van der Waals surface area (Å²) in [6.07, 6.45) is -1.06. The van der Waals surface area contributed by atoms with E-state index in [1.54, 1.807) is 0 Å². The Hall–Kier alpha value is -1.96. The molecule has 1 saturated heterocycles. The topological polar surface area (TPSA) is 94.1 Å². The molecule has 20 heavy (non-hydrogen) atoms. The molecule has 2 atom stereocenters. The number of carbonyl (C=O) groups excluding carboxylic acids is 2. The molecule has 1 aromatic carbocycles. The molecule has 3 heterocycles. The molecule has 0 aromatic heterocycles. The summed E-state index contributed by atoms with van der Waals surface area (Å²) in [5.74, 6) is -2.97. The van der Waals surface area contributed by atoms with Gasteiger partial charge in [-0.15, -0.1) is 0 Å². The van der Waals surface area contributed by atoms with Crippen molar-refractivity contribution in [1.82, 2.24) is 5.32 Å². The Morgan fingerprint density at radius 3 is 2.50 bits per heavy atom. The summed E-state index contributed by atoms with van der Waals surface area (Å²) in [5, 5.41) is 12.4. The first-order valence-corrected chi connectivity index (χ1v) is 6.17. The lowest BCUT2D eigenvalue weighted by molar-refractivity contribution is -0.291. The van der Waals surface area contributed by atoms with Gasteiger partial charge in [-0.1, -0.05) is 0 Å². The van der Waals surface area contributed by atoms with Gasteiger partial charge in [0.15, 0.2) is 0 Å². The van der Waals surface area contributed by atoms with Gasteiger partial charge in [0.05, 0.1) is 17.7 Å². The van der Waals surface area contributed by atoms with Gasteiger partial charge >= 0.3 is 11.9 Å². The highest BCUT2D eigenvalue weighted by Crippen LogP contribution is 2.26. The van der Waals surface area contributed by atoms with E-state index in [1.165, 1.54) is 24.3 Å². The van der Waals surface area contributed by atoms with Crippen LogP contribution in [-0.2, 0) is 14.2 Å². The number of aliphatic hydroxyl groups is 1.